The van der Waals surface area contributed by atoms with E-state index in [1.165, 1.54) is 48.4 Å². The van der Waals surface area contributed by atoms with Gasteiger partial charge in [0.05, 0.1) is 6.26 Å². The molecule has 7 nitrogen and oxygen atoms in total. The highest BCUT2D eigenvalue weighted by molar-refractivity contribution is 6.08. The molecular formula is C27H28FN3O4. The summed E-state index contributed by atoms with van der Waals surface area (Å²) in [5.41, 5.74) is 1.44. The fraction of sp³-hybridized carbons (Fsp3) is 0.296. The van der Waals surface area contributed by atoms with Crippen LogP contribution in [0.15, 0.2) is 71.3 Å². The highest BCUT2D eigenvalue weighted by Gasteiger charge is 2.35. The molecule has 182 valence electrons. The lowest BCUT2D eigenvalue weighted by atomic mass is 9.94. The molecule has 3 amide bonds. The molecule has 1 saturated carbocycles. The largest absolute Gasteiger partial charge is 0.459 e. The number of hydrogen-bond donors (Lipinski definition) is 2. The van der Waals surface area contributed by atoms with E-state index < -0.39 is 17.8 Å². The first-order chi connectivity index (χ1) is 16.9. The van der Waals surface area contributed by atoms with Crippen molar-refractivity contribution < 1.29 is 23.2 Å². The van der Waals surface area contributed by atoms with Crippen molar-refractivity contribution in [2.75, 3.05) is 10.2 Å². The maximum absolute atomic E-state index is 13.7. The Hall–Kier alpha value is -3.94. The minimum Gasteiger partial charge on any atom is -0.459 e. The summed E-state index contributed by atoms with van der Waals surface area (Å²) in [6, 6.07) is 14.2. The zero-order valence-electron chi connectivity index (χ0n) is 19.5. The summed E-state index contributed by atoms with van der Waals surface area (Å²) in [7, 11) is 0. The molecule has 0 radical (unpaired) electrons. The van der Waals surface area contributed by atoms with E-state index in [0.29, 0.717) is 16.9 Å². The second kappa shape index (κ2) is 11.0. The highest BCUT2D eigenvalue weighted by Crippen LogP contribution is 2.32. The van der Waals surface area contributed by atoms with Gasteiger partial charge in [-0.2, -0.15) is 0 Å². The van der Waals surface area contributed by atoms with Crippen molar-refractivity contribution in [1.82, 2.24) is 5.32 Å². The Bertz CT molecular complexity index is 1150. The Labute approximate surface area is 203 Å². The van der Waals surface area contributed by atoms with Gasteiger partial charge in [0.2, 0.25) is 11.8 Å². The van der Waals surface area contributed by atoms with Crippen LogP contribution >= 0.6 is 0 Å². The minimum absolute atomic E-state index is 0.0157. The fourth-order valence-electron chi connectivity index (χ4n) is 4.40. The zero-order valence-corrected chi connectivity index (χ0v) is 19.5. The van der Waals surface area contributed by atoms with Crippen molar-refractivity contribution in [1.29, 1.82) is 0 Å². The number of benzene rings is 2. The summed E-state index contributed by atoms with van der Waals surface area (Å²) in [6.07, 6.45) is 6.34. The average molecular weight is 478 g/mol. The van der Waals surface area contributed by atoms with E-state index in [-0.39, 0.29) is 23.6 Å². The van der Waals surface area contributed by atoms with Gasteiger partial charge in [0.1, 0.15) is 11.9 Å². The molecule has 2 aromatic carbocycles. The predicted octanol–water partition coefficient (Wildman–Crippen LogP) is 5.21. The number of halogens is 1. The van der Waals surface area contributed by atoms with Gasteiger partial charge >= 0.3 is 0 Å². The number of amides is 3. The Kier molecular flexibility index (Phi) is 7.60. The van der Waals surface area contributed by atoms with Gasteiger partial charge < -0.3 is 15.1 Å². The lowest BCUT2D eigenvalue weighted by Gasteiger charge is -2.33. The van der Waals surface area contributed by atoms with Crippen LogP contribution in [0.4, 0.5) is 15.8 Å². The molecule has 1 heterocycles. The van der Waals surface area contributed by atoms with Crippen LogP contribution in [0.2, 0.25) is 0 Å². The molecular weight excluding hydrogens is 449 g/mol. The summed E-state index contributed by atoms with van der Waals surface area (Å²) in [5, 5.41) is 5.80. The molecule has 3 aromatic rings. The van der Waals surface area contributed by atoms with Crippen LogP contribution in [0.5, 0.6) is 0 Å². The number of nitrogens with zero attached hydrogens (tertiary/aromatic N) is 1. The molecule has 0 saturated heterocycles. The van der Waals surface area contributed by atoms with Crippen molar-refractivity contribution in [2.45, 2.75) is 51.1 Å². The molecule has 2 N–H and O–H groups in total. The number of hydrogen-bond acceptors (Lipinski definition) is 4. The van der Waals surface area contributed by atoms with Crippen molar-refractivity contribution in [3.8, 4) is 0 Å². The average Bonchev–Trinajstić information content (AvgIpc) is 3.39. The molecule has 1 aliphatic carbocycles. The standard InChI is InChI=1S/C27H28FN3O4/c1-18(32)29-22-13-15-23(16-14-22)31(27(34)24-8-5-17-35-24)25(19-9-11-20(28)12-10-19)26(33)30-21-6-3-2-4-7-21/h5,8-17,21,25H,2-4,6-7H2,1H3,(H,29,32)(H,30,33)/t25-/m1/s1. The van der Waals surface area contributed by atoms with Gasteiger partial charge in [0.25, 0.3) is 5.91 Å². The van der Waals surface area contributed by atoms with Crippen LogP contribution in [0, 0.1) is 5.82 Å². The van der Waals surface area contributed by atoms with Crippen molar-refractivity contribution in [2.24, 2.45) is 0 Å². The second-order valence-electron chi connectivity index (χ2n) is 8.68. The Balaban J connectivity index is 1.76. The van der Waals surface area contributed by atoms with Crippen LogP contribution < -0.4 is 15.5 Å². The van der Waals surface area contributed by atoms with Crippen molar-refractivity contribution in [3.63, 3.8) is 0 Å². The van der Waals surface area contributed by atoms with Gasteiger partial charge in [-0.15, -0.1) is 0 Å². The summed E-state index contributed by atoms with van der Waals surface area (Å²) >= 11 is 0. The van der Waals surface area contributed by atoms with Gasteiger partial charge in [-0.3, -0.25) is 19.3 Å². The van der Waals surface area contributed by atoms with Gasteiger partial charge in [-0.05, 0) is 66.9 Å². The van der Waals surface area contributed by atoms with E-state index in [4.69, 9.17) is 4.42 Å². The van der Waals surface area contributed by atoms with E-state index in [0.717, 1.165) is 32.1 Å². The molecule has 4 rings (SSSR count). The molecule has 0 unspecified atom stereocenters. The highest BCUT2D eigenvalue weighted by atomic mass is 19.1. The SMILES string of the molecule is CC(=O)Nc1ccc(N(C(=O)c2ccco2)[C@@H](C(=O)NC2CCCCC2)c2ccc(F)cc2)cc1. The third-order valence-electron chi connectivity index (χ3n) is 6.06. The van der Waals surface area contributed by atoms with Crippen LogP contribution in [-0.2, 0) is 9.59 Å². The predicted molar refractivity (Wildman–Crippen MR) is 130 cm³/mol. The summed E-state index contributed by atoms with van der Waals surface area (Å²) < 4.78 is 19.1. The Morgan fingerprint density at radius 1 is 0.971 bits per heavy atom. The van der Waals surface area contributed by atoms with Crippen molar-refractivity contribution in [3.05, 3.63) is 84.1 Å². The molecule has 0 aliphatic heterocycles. The van der Waals surface area contributed by atoms with Crippen LogP contribution in [0.25, 0.3) is 0 Å². The van der Waals surface area contributed by atoms with Gasteiger partial charge in [-0.25, -0.2) is 4.39 Å². The molecule has 1 aromatic heterocycles. The van der Waals surface area contributed by atoms with Gasteiger partial charge in [0, 0.05) is 24.3 Å². The van der Waals surface area contributed by atoms with Crippen LogP contribution in [0.1, 0.15) is 61.2 Å². The van der Waals surface area contributed by atoms with Crippen LogP contribution in [-0.4, -0.2) is 23.8 Å². The molecule has 35 heavy (non-hydrogen) atoms. The topological polar surface area (TPSA) is 91.7 Å². The first-order valence-corrected chi connectivity index (χ1v) is 11.7. The molecule has 8 heteroatoms. The number of anilines is 2. The van der Waals surface area contributed by atoms with E-state index >= 15 is 0 Å². The number of carbonyl (C=O) groups is 3. The monoisotopic (exact) mass is 477 g/mol. The smallest absolute Gasteiger partial charge is 0.294 e. The third kappa shape index (κ3) is 5.95. The first-order valence-electron chi connectivity index (χ1n) is 11.7. The van der Waals surface area contributed by atoms with E-state index in [2.05, 4.69) is 10.6 Å². The number of nitrogens with one attached hydrogen (secondary N) is 2. The molecule has 1 fully saturated rings. The van der Waals surface area contributed by atoms with Crippen LogP contribution in [0.3, 0.4) is 0 Å². The molecule has 1 atom stereocenters. The number of furan rings is 1. The fourth-order valence-corrected chi connectivity index (χ4v) is 4.40. The normalized spacial score (nSPS) is 14.7. The van der Waals surface area contributed by atoms with Gasteiger partial charge in [-0.1, -0.05) is 31.4 Å². The maximum Gasteiger partial charge on any atom is 0.294 e. The minimum atomic E-state index is -1.07. The number of carbonyl (C=O) groups excluding carboxylic acids is 3. The summed E-state index contributed by atoms with van der Waals surface area (Å²) in [4.78, 5) is 40.1. The second-order valence-corrected chi connectivity index (χ2v) is 8.68. The van der Waals surface area contributed by atoms with E-state index in [1.54, 1.807) is 30.3 Å². The lowest BCUT2D eigenvalue weighted by molar-refractivity contribution is -0.123. The summed E-state index contributed by atoms with van der Waals surface area (Å²) in [5.74, 6) is -1.47. The van der Waals surface area contributed by atoms with E-state index in [1.807, 2.05) is 0 Å². The van der Waals surface area contributed by atoms with Crippen molar-refractivity contribution >= 4 is 29.1 Å². The lowest BCUT2D eigenvalue weighted by Crippen LogP contribution is -2.47. The van der Waals surface area contributed by atoms with E-state index in [9.17, 15) is 18.8 Å². The molecule has 0 spiro atoms. The number of rotatable bonds is 7. The zero-order chi connectivity index (χ0) is 24.8. The Morgan fingerprint density at radius 3 is 2.26 bits per heavy atom. The molecule has 1 aliphatic rings. The third-order valence-corrected chi connectivity index (χ3v) is 6.06. The first kappa shape index (κ1) is 24.2. The maximum atomic E-state index is 13.7. The van der Waals surface area contributed by atoms with Gasteiger partial charge in [0.15, 0.2) is 5.76 Å². The summed E-state index contributed by atoms with van der Waals surface area (Å²) in [6.45, 7) is 1.40. The quantitative estimate of drug-likeness (QED) is 0.488. The molecule has 0 bridgehead atoms. The Morgan fingerprint density at radius 2 is 1.66 bits per heavy atom.